The molecule has 1 atom stereocenters. The molecule has 9 nitrogen and oxygen atoms in total. The molecule has 2 aromatic rings. The van der Waals surface area contributed by atoms with Crippen molar-refractivity contribution in [2.75, 3.05) is 37.9 Å². The third-order valence-electron chi connectivity index (χ3n) is 3.97. The summed E-state index contributed by atoms with van der Waals surface area (Å²) in [5.74, 6) is 0.0411. The molecular formula is C19H23N4O5+. The number of likely N-dealkylation sites (N-methyl/N-ethyl adjacent to an activating group) is 1. The molecule has 0 saturated heterocycles. The smallest absolute Gasteiger partial charge is 0.279 e. The fourth-order valence-electron chi connectivity index (χ4n) is 2.61. The highest BCUT2D eigenvalue weighted by molar-refractivity contribution is 5.93. The quantitative estimate of drug-likeness (QED) is 0.462. The largest absolute Gasteiger partial charge is 0.497 e. The Morgan fingerprint density at radius 3 is 2.25 bits per heavy atom. The van der Waals surface area contributed by atoms with Crippen LogP contribution in [0.2, 0.25) is 0 Å². The average molecular weight is 387 g/mol. The molecule has 0 aromatic heterocycles. The number of nitro groups is 1. The third kappa shape index (κ3) is 6.06. The van der Waals surface area contributed by atoms with Crippen LogP contribution in [0.25, 0.3) is 0 Å². The van der Waals surface area contributed by atoms with Crippen molar-refractivity contribution in [3.05, 3.63) is 58.1 Å². The summed E-state index contributed by atoms with van der Waals surface area (Å²) in [5.41, 5.74) is 1.40. The standard InChI is InChI=1S/C19H22N4O5/c1-13-7-8-15(10-17(13)23(26)27)21-19(25)12-22(2)11-18(24)20-14-5-4-6-16(9-14)28-3/h4-10H,11-12H2,1-3H3,(H,20,24)(H,21,25)/p+1. The van der Waals surface area contributed by atoms with E-state index in [1.54, 1.807) is 57.5 Å². The number of aryl methyl sites for hydroxylation is 1. The normalized spacial score (nSPS) is 11.4. The van der Waals surface area contributed by atoms with Gasteiger partial charge in [-0.2, -0.15) is 0 Å². The molecule has 0 saturated carbocycles. The first kappa shape index (κ1) is 20.8. The molecule has 28 heavy (non-hydrogen) atoms. The van der Waals surface area contributed by atoms with Gasteiger partial charge in [0.2, 0.25) is 0 Å². The molecule has 9 heteroatoms. The number of quaternary nitrogens is 1. The maximum atomic E-state index is 12.2. The van der Waals surface area contributed by atoms with Crippen molar-refractivity contribution in [1.29, 1.82) is 0 Å². The summed E-state index contributed by atoms with van der Waals surface area (Å²) in [7, 11) is 3.25. The first-order chi connectivity index (χ1) is 13.3. The molecule has 2 rings (SSSR count). The zero-order chi connectivity index (χ0) is 20.7. The Balaban J connectivity index is 1.87. The van der Waals surface area contributed by atoms with E-state index >= 15 is 0 Å². The summed E-state index contributed by atoms with van der Waals surface area (Å²) in [5, 5.41) is 16.4. The van der Waals surface area contributed by atoms with Crippen LogP contribution in [0.15, 0.2) is 42.5 Å². The van der Waals surface area contributed by atoms with Gasteiger partial charge >= 0.3 is 0 Å². The highest BCUT2D eigenvalue weighted by Gasteiger charge is 2.16. The fourth-order valence-corrected chi connectivity index (χ4v) is 2.61. The summed E-state index contributed by atoms with van der Waals surface area (Å²) in [6.45, 7) is 1.74. The van der Waals surface area contributed by atoms with Crippen molar-refractivity contribution < 1.29 is 24.1 Å². The second-order valence-corrected chi connectivity index (χ2v) is 6.40. The number of ether oxygens (including phenoxy) is 1. The number of benzene rings is 2. The van der Waals surface area contributed by atoms with E-state index in [1.807, 2.05) is 0 Å². The van der Waals surface area contributed by atoms with E-state index in [-0.39, 0.29) is 30.6 Å². The van der Waals surface area contributed by atoms with Gasteiger partial charge in [-0.3, -0.25) is 19.7 Å². The lowest BCUT2D eigenvalue weighted by Crippen LogP contribution is -3.11. The number of nitrogens with zero attached hydrogens (tertiary/aromatic N) is 1. The first-order valence-corrected chi connectivity index (χ1v) is 8.58. The van der Waals surface area contributed by atoms with Gasteiger partial charge in [0.25, 0.3) is 17.5 Å². The topological polar surface area (TPSA) is 115 Å². The molecule has 148 valence electrons. The number of amides is 2. The lowest BCUT2D eigenvalue weighted by atomic mass is 10.2. The molecule has 2 aromatic carbocycles. The van der Waals surface area contributed by atoms with Crippen LogP contribution in [0.1, 0.15) is 5.56 Å². The zero-order valence-electron chi connectivity index (χ0n) is 15.9. The molecule has 0 spiro atoms. The van der Waals surface area contributed by atoms with E-state index in [0.29, 0.717) is 27.6 Å². The Morgan fingerprint density at radius 1 is 1.07 bits per heavy atom. The van der Waals surface area contributed by atoms with Gasteiger partial charge < -0.3 is 20.3 Å². The predicted molar refractivity (Wildman–Crippen MR) is 105 cm³/mol. The molecule has 0 aliphatic carbocycles. The summed E-state index contributed by atoms with van der Waals surface area (Å²) in [4.78, 5) is 35.5. The molecular weight excluding hydrogens is 364 g/mol. The summed E-state index contributed by atoms with van der Waals surface area (Å²) < 4.78 is 5.11. The highest BCUT2D eigenvalue weighted by atomic mass is 16.6. The molecule has 0 fully saturated rings. The van der Waals surface area contributed by atoms with Gasteiger partial charge in [0.05, 0.1) is 19.1 Å². The van der Waals surface area contributed by atoms with E-state index in [1.165, 1.54) is 6.07 Å². The molecule has 0 radical (unpaired) electrons. The number of rotatable bonds is 8. The van der Waals surface area contributed by atoms with Crippen molar-refractivity contribution in [1.82, 2.24) is 0 Å². The molecule has 0 heterocycles. The van der Waals surface area contributed by atoms with Crippen LogP contribution in [0.3, 0.4) is 0 Å². The van der Waals surface area contributed by atoms with Crippen molar-refractivity contribution in [2.24, 2.45) is 0 Å². The molecule has 0 bridgehead atoms. The minimum atomic E-state index is -0.495. The van der Waals surface area contributed by atoms with Crippen LogP contribution in [-0.4, -0.2) is 44.0 Å². The SMILES string of the molecule is COc1cccc(NC(=O)C[NH+](C)CC(=O)Nc2ccc(C)c([N+](=O)[O-])c2)c1. The van der Waals surface area contributed by atoms with Gasteiger partial charge in [-0.15, -0.1) is 0 Å². The Morgan fingerprint density at radius 2 is 1.68 bits per heavy atom. The van der Waals surface area contributed by atoms with Crippen molar-refractivity contribution in [3.63, 3.8) is 0 Å². The predicted octanol–water partition coefficient (Wildman–Crippen LogP) is 1.00. The molecule has 1 unspecified atom stereocenters. The van der Waals surface area contributed by atoms with E-state index < -0.39 is 4.92 Å². The van der Waals surface area contributed by atoms with Gasteiger partial charge in [-0.25, -0.2) is 0 Å². The second-order valence-electron chi connectivity index (χ2n) is 6.40. The van der Waals surface area contributed by atoms with Crippen LogP contribution in [-0.2, 0) is 9.59 Å². The maximum absolute atomic E-state index is 12.2. The lowest BCUT2D eigenvalue weighted by molar-refractivity contribution is -0.862. The van der Waals surface area contributed by atoms with E-state index in [9.17, 15) is 19.7 Å². The zero-order valence-corrected chi connectivity index (χ0v) is 15.9. The molecule has 3 N–H and O–H groups in total. The number of anilines is 2. The van der Waals surface area contributed by atoms with Crippen LogP contribution in [0, 0.1) is 17.0 Å². The van der Waals surface area contributed by atoms with E-state index in [4.69, 9.17) is 4.74 Å². The van der Waals surface area contributed by atoms with Gasteiger partial charge in [-0.05, 0) is 25.1 Å². The lowest BCUT2D eigenvalue weighted by Gasteiger charge is -2.14. The van der Waals surface area contributed by atoms with Crippen LogP contribution in [0.5, 0.6) is 5.75 Å². The van der Waals surface area contributed by atoms with Gasteiger partial charge in [0.1, 0.15) is 5.75 Å². The Labute approximate surface area is 162 Å². The summed E-state index contributed by atoms with van der Waals surface area (Å²) in [6.07, 6.45) is 0. The van der Waals surface area contributed by atoms with E-state index in [0.717, 1.165) is 0 Å². The Bertz CT molecular complexity index is 884. The number of methoxy groups -OCH3 is 1. The monoisotopic (exact) mass is 387 g/mol. The number of hydrogen-bond acceptors (Lipinski definition) is 5. The summed E-state index contributed by atoms with van der Waals surface area (Å²) in [6, 6.07) is 11.5. The van der Waals surface area contributed by atoms with Crippen LogP contribution >= 0.6 is 0 Å². The Hall–Kier alpha value is -3.46. The van der Waals surface area contributed by atoms with Crippen molar-refractivity contribution in [3.8, 4) is 5.75 Å². The number of carbonyl (C=O) groups excluding carboxylic acids is 2. The first-order valence-electron chi connectivity index (χ1n) is 8.58. The number of nitro benzene ring substituents is 1. The minimum Gasteiger partial charge on any atom is -0.497 e. The van der Waals surface area contributed by atoms with E-state index in [2.05, 4.69) is 10.6 Å². The third-order valence-corrected chi connectivity index (χ3v) is 3.97. The van der Waals surface area contributed by atoms with Gasteiger partial charge in [0, 0.05) is 29.1 Å². The van der Waals surface area contributed by atoms with Crippen LogP contribution in [0.4, 0.5) is 17.1 Å². The highest BCUT2D eigenvalue weighted by Crippen LogP contribution is 2.22. The fraction of sp³-hybridized carbons (Fsp3) is 0.263. The van der Waals surface area contributed by atoms with Crippen LogP contribution < -0.4 is 20.3 Å². The number of carbonyl (C=O) groups is 2. The molecule has 0 aliphatic rings. The van der Waals surface area contributed by atoms with Gasteiger partial charge in [-0.1, -0.05) is 12.1 Å². The van der Waals surface area contributed by atoms with Gasteiger partial charge in [0.15, 0.2) is 13.1 Å². The summed E-state index contributed by atoms with van der Waals surface area (Å²) >= 11 is 0. The Kier molecular flexibility index (Phi) is 7.05. The minimum absolute atomic E-state index is 0.0349. The van der Waals surface area contributed by atoms with Crippen molar-refractivity contribution in [2.45, 2.75) is 6.92 Å². The average Bonchev–Trinajstić information content (AvgIpc) is 2.62. The molecule has 0 aliphatic heterocycles. The second kappa shape index (κ2) is 9.47. The maximum Gasteiger partial charge on any atom is 0.279 e. The van der Waals surface area contributed by atoms with Crippen molar-refractivity contribution >= 4 is 28.9 Å². The molecule has 2 amide bonds. The number of nitrogens with one attached hydrogen (secondary N) is 3. The number of hydrogen-bond donors (Lipinski definition) is 3.